The second-order valence-electron chi connectivity index (χ2n) is 7.30. The van der Waals surface area contributed by atoms with E-state index < -0.39 is 41.6 Å². The Kier molecular flexibility index (Phi) is 11.5. The maximum Gasteiger partial charge on any atom is 0.237 e. The number of thioether (sulfide) groups is 1. The summed E-state index contributed by atoms with van der Waals surface area (Å²) in [4.78, 5) is 12.8. The van der Waals surface area contributed by atoms with E-state index in [1.54, 1.807) is 13.2 Å². The highest BCUT2D eigenvalue weighted by Crippen LogP contribution is 2.26. The Morgan fingerprint density at radius 2 is 1.96 bits per heavy atom. The first kappa shape index (κ1) is 24.9. The van der Waals surface area contributed by atoms with Gasteiger partial charge in [-0.05, 0) is 44.9 Å². The molecule has 1 rings (SSSR count). The predicted molar refractivity (Wildman–Crippen MR) is 109 cm³/mol. The summed E-state index contributed by atoms with van der Waals surface area (Å²) in [5, 5.41) is 45.6. The lowest BCUT2D eigenvalue weighted by Gasteiger charge is -2.37. The fraction of sp³-hybridized carbons (Fsp3) is 0.944. The zero-order valence-electron chi connectivity index (χ0n) is 16.3. The van der Waals surface area contributed by atoms with Crippen LogP contribution in [0.25, 0.3) is 0 Å². The molecular weight excluding hydrogens is 392 g/mol. The van der Waals surface area contributed by atoms with Gasteiger partial charge in [0.25, 0.3) is 0 Å². The van der Waals surface area contributed by atoms with Crippen molar-refractivity contribution in [3.8, 4) is 0 Å². The Morgan fingerprint density at radius 1 is 1.30 bits per heavy atom. The van der Waals surface area contributed by atoms with Gasteiger partial charge in [0.05, 0.1) is 36.3 Å². The highest BCUT2D eigenvalue weighted by atomic mass is 35.5. The van der Waals surface area contributed by atoms with Crippen LogP contribution in [-0.4, -0.2) is 80.8 Å². The van der Waals surface area contributed by atoms with Crippen molar-refractivity contribution >= 4 is 29.3 Å². The summed E-state index contributed by atoms with van der Waals surface area (Å²) in [7, 11) is 0. The molecule has 160 valence electrons. The van der Waals surface area contributed by atoms with E-state index in [2.05, 4.69) is 17.6 Å². The van der Waals surface area contributed by atoms with E-state index >= 15 is 0 Å². The molecule has 0 aromatic carbocycles. The molecule has 1 saturated heterocycles. The lowest BCUT2D eigenvalue weighted by Crippen LogP contribution is -2.58. The predicted octanol–water partition coefficient (Wildman–Crippen LogP) is 0.279. The number of carbonyl (C=O) groups is 1. The highest BCUT2D eigenvalue weighted by Gasteiger charge is 2.41. The zero-order valence-corrected chi connectivity index (χ0v) is 17.9. The second kappa shape index (κ2) is 12.5. The van der Waals surface area contributed by atoms with Gasteiger partial charge in [-0.1, -0.05) is 13.3 Å². The number of aliphatic hydroxyl groups excluding tert-OH is 4. The smallest absolute Gasteiger partial charge is 0.237 e. The van der Waals surface area contributed by atoms with Gasteiger partial charge in [-0.3, -0.25) is 4.79 Å². The molecule has 0 aromatic rings. The summed E-state index contributed by atoms with van der Waals surface area (Å²) in [6, 6.07) is -1.18. The lowest BCUT2D eigenvalue weighted by molar-refractivity contribution is -0.126. The molecule has 27 heavy (non-hydrogen) atoms. The average molecular weight is 427 g/mol. The van der Waals surface area contributed by atoms with Crippen molar-refractivity contribution in [2.45, 2.75) is 74.6 Å². The van der Waals surface area contributed by atoms with Crippen LogP contribution >= 0.6 is 23.4 Å². The minimum absolute atomic E-state index is 0.245. The van der Waals surface area contributed by atoms with Crippen molar-refractivity contribution in [2.24, 2.45) is 11.8 Å². The van der Waals surface area contributed by atoms with Crippen LogP contribution in [0.15, 0.2) is 0 Å². The molecule has 1 aliphatic heterocycles. The van der Waals surface area contributed by atoms with Crippen LogP contribution < -0.4 is 10.6 Å². The molecule has 8 atom stereocenters. The largest absolute Gasteiger partial charge is 0.394 e. The SMILES string of the molecule is CCC1CCNC(C(=O)NC(C(C)Cl)C(C(O)CO)C(O)C(O)SC)CC1. The fourth-order valence-corrected chi connectivity index (χ4v) is 4.35. The first-order chi connectivity index (χ1) is 12.8. The minimum atomic E-state index is -1.36. The number of carbonyl (C=O) groups excluding carboxylic acids is 1. The molecule has 0 aliphatic carbocycles. The molecule has 0 aromatic heterocycles. The van der Waals surface area contributed by atoms with Gasteiger partial charge >= 0.3 is 0 Å². The number of halogens is 1. The number of amides is 1. The van der Waals surface area contributed by atoms with E-state index in [-0.39, 0.29) is 11.9 Å². The Bertz CT molecular complexity index is 446. The number of hydrogen-bond acceptors (Lipinski definition) is 7. The van der Waals surface area contributed by atoms with E-state index in [9.17, 15) is 25.2 Å². The number of aliphatic hydroxyl groups is 4. The molecule has 0 bridgehead atoms. The van der Waals surface area contributed by atoms with E-state index in [0.29, 0.717) is 12.3 Å². The van der Waals surface area contributed by atoms with Gasteiger partial charge in [0, 0.05) is 5.92 Å². The van der Waals surface area contributed by atoms with Gasteiger partial charge in [-0.25, -0.2) is 0 Å². The number of rotatable bonds is 10. The number of hydrogen-bond donors (Lipinski definition) is 6. The molecule has 8 unspecified atom stereocenters. The normalized spacial score (nSPS) is 27.7. The molecule has 1 aliphatic rings. The van der Waals surface area contributed by atoms with Crippen LogP contribution in [0.2, 0.25) is 0 Å². The van der Waals surface area contributed by atoms with Crippen LogP contribution in [0.4, 0.5) is 0 Å². The van der Waals surface area contributed by atoms with E-state index in [1.807, 2.05) is 0 Å². The van der Waals surface area contributed by atoms with Gasteiger partial charge in [0.1, 0.15) is 5.44 Å². The molecule has 1 heterocycles. The van der Waals surface area contributed by atoms with E-state index in [4.69, 9.17) is 11.6 Å². The monoisotopic (exact) mass is 426 g/mol. The maximum absolute atomic E-state index is 12.8. The van der Waals surface area contributed by atoms with Crippen LogP contribution in [-0.2, 0) is 4.79 Å². The summed E-state index contributed by atoms with van der Waals surface area (Å²) in [5.74, 6) is -0.658. The summed E-state index contributed by atoms with van der Waals surface area (Å²) < 4.78 is 0. The standard InChI is InChI=1S/C18H35ClN2O5S/c1-4-11-5-6-12(20-8-7-11)17(25)21-15(10(2)19)14(13(23)9-22)16(24)18(26)27-3/h10-16,18,20,22-24,26H,4-9H2,1-3H3,(H,21,25). The van der Waals surface area contributed by atoms with Crippen molar-refractivity contribution in [1.29, 1.82) is 0 Å². The third-order valence-corrected chi connectivity index (χ3v) is 6.51. The molecule has 9 heteroatoms. The average Bonchev–Trinajstić information content (AvgIpc) is 2.91. The molecule has 1 fully saturated rings. The molecule has 0 radical (unpaired) electrons. The van der Waals surface area contributed by atoms with Crippen LogP contribution in [0.3, 0.4) is 0 Å². The molecule has 6 N–H and O–H groups in total. The van der Waals surface area contributed by atoms with Crippen LogP contribution in [0.5, 0.6) is 0 Å². The Balaban J connectivity index is 2.92. The first-order valence-corrected chi connectivity index (χ1v) is 11.3. The Labute approximate surface area is 171 Å². The second-order valence-corrected chi connectivity index (χ2v) is 8.95. The van der Waals surface area contributed by atoms with Gasteiger partial charge in [-0.15, -0.1) is 23.4 Å². The van der Waals surface area contributed by atoms with E-state index in [1.165, 1.54) is 0 Å². The van der Waals surface area contributed by atoms with Crippen LogP contribution in [0.1, 0.15) is 39.5 Å². The summed E-state index contributed by atoms with van der Waals surface area (Å²) in [6.07, 6.45) is 2.70. The number of alkyl halides is 1. The van der Waals surface area contributed by atoms with Gasteiger partial charge in [-0.2, -0.15) is 0 Å². The highest BCUT2D eigenvalue weighted by molar-refractivity contribution is 7.99. The van der Waals surface area contributed by atoms with Crippen molar-refractivity contribution in [2.75, 3.05) is 19.4 Å². The van der Waals surface area contributed by atoms with Crippen molar-refractivity contribution in [3.63, 3.8) is 0 Å². The summed E-state index contributed by atoms with van der Waals surface area (Å²) >= 11 is 7.28. The van der Waals surface area contributed by atoms with Crippen LogP contribution in [0, 0.1) is 11.8 Å². The fourth-order valence-electron chi connectivity index (χ4n) is 3.66. The van der Waals surface area contributed by atoms with Crippen molar-refractivity contribution < 1.29 is 25.2 Å². The maximum atomic E-state index is 12.8. The first-order valence-electron chi connectivity index (χ1n) is 9.62. The quantitative estimate of drug-likeness (QED) is 0.219. The summed E-state index contributed by atoms with van der Waals surface area (Å²) in [6.45, 7) is 3.94. The summed E-state index contributed by atoms with van der Waals surface area (Å²) in [5.41, 5.74) is -1.17. The molecule has 0 spiro atoms. The Hall–Kier alpha value is -0.0900. The Morgan fingerprint density at radius 3 is 2.48 bits per heavy atom. The third kappa shape index (κ3) is 7.34. The zero-order chi connectivity index (χ0) is 20.6. The molecular formula is C18H35ClN2O5S. The molecule has 0 saturated carbocycles. The molecule has 7 nitrogen and oxygen atoms in total. The third-order valence-electron chi connectivity index (χ3n) is 5.48. The van der Waals surface area contributed by atoms with Crippen molar-refractivity contribution in [3.05, 3.63) is 0 Å². The minimum Gasteiger partial charge on any atom is -0.394 e. The van der Waals surface area contributed by atoms with Gasteiger partial charge in [0.2, 0.25) is 5.91 Å². The topological polar surface area (TPSA) is 122 Å². The van der Waals surface area contributed by atoms with Crippen molar-refractivity contribution in [1.82, 2.24) is 10.6 Å². The van der Waals surface area contributed by atoms with Gasteiger partial charge < -0.3 is 31.1 Å². The molecule has 1 amide bonds. The lowest BCUT2D eigenvalue weighted by atomic mass is 9.86. The number of nitrogens with one attached hydrogen (secondary N) is 2. The van der Waals surface area contributed by atoms with E-state index in [0.717, 1.165) is 37.6 Å². The van der Waals surface area contributed by atoms with Gasteiger partial charge in [0.15, 0.2) is 0 Å².